The van der Waals surface area contributed by atoms with Gasteiger partial charge in [0.2, 0.25) is 0 Å². The fraction of sp³-hybridized carbons (Fsp3) is 0.100. The molecule has 0 spiro atoms. The number of hydrogen-bond donors (Lipinski definition) is 0. The first-order valence-electron chi connectivity index (χ1n) is 9.72. The smallest absolute Gasteiger partial charge is 0.327 e. The monoisotopic (exact) mass is 498 g/mol. The van der Waals surface area contributed by atoms with Gasteiger partial charge in [-0.1, -0.05) is 34.6 Å². The molecule has 4 aromatic heterocycles. The van der Waals surface area contributed by atoms with Crippen molar-refractivity contribution in [3.05, 3.63) is 70.9 Å². The van der Waals surface area contributed by atoms with Crippen LogP contribution < -0.4 is 8.61 Å². The molecule has 10 nitrogen and oxygen atoms in total. The van der Waals surface area contributed by atoms with E-state index >= 15 is 0 Å². The molecule has 0 unspecified atom stereocenters. The number of rotatable bonds is 6. The number of benzene rings is 1. The molecule has 13 heteroatoms. The second-order valence-electron chi connectivity index (χ2n) is 7.00. The Hall–Kier alpha value is -3.55. The lowest BCUT2D eigenvalue weighted by molar-refractivity contribution is 0.423. The zero-order valence-corrected chi connectivity index (χ0v) is 19.2. The summed E-state index contributed by atoms with van der Waals surface area (Å²) in [5.41, 5.74) is 1.03. The highest BCUT2D eigenvalue weighted by molar-refractivity contribution is 7.94. The van der Waals surface area contributed by atoms with Crippen LogP contribution in [0.1, 0.15) is 11.6 Å². The van der Waals surface area contributed by atoms with Crippen molar-refractivity contribution >= 4 is 44.3 Å². The Bertz CT molecular complexity index is 1400. The lowest BCUT2D eigenvalue weighted by atomic mass is 10.2. The summed E-state index contributed by atoms with van der Waals surface area (Å²) in [4.78, 5) is 10.4. The summed E-state index contributed by atoms with van der Waals surface area (Å²) >= 11 is 2.93. The molecule has 0 amide bonds. The molecular weight excluding hydrogens is 484 g/mol. The molecule has 0 aliphatic carbocycles. The summed E-state index contributed by atoms with van der Waals surface area (Å²) in [6.07, 6.45) is 0. The molecule has 1 aromatic carbocycles. The lowest BCUT2D eigenvalue weighted by Gasteiger charge is -2.19. The molecule has 1 aliphatic rings. The van der Waals surface area contributed by atoms with E-state index in [1.54, 1.807) is 24.3 Å². The fourth-order valence-electron chi connectivity index (χ4n) is 3.48. The van der Waals surface area contributed by atoms with Crippen LogP contribution in [0.25, 0.3) is 21.5 Å². The van der Waals surface area contributed by atoms with Gasteiger partial charge in [0.15, 0.2) is 11.6 Å². The Morgan fingerprint density at radius 2 is 1.21 bits per heavy atom. The molecule has 0 saturated heterocycles. The molecular formula is C20H14N6O4S3. The van der Waals surface area contributed by atoms with Crippen molar-refractivity contribution in [3.8, 4) is 21.5 Å². The van der Waals surface area contributed by atoms with Gasteiger partial charge in [-0.25, -0.2) is 8.61 Å². The van der Waals surface area contributed by atoms with Gasteiger partial charge in [-0.3, -0.25) is 0 Å². The van der Waals surface area contributed by atoms with E-state index in [0.29, 0.717) is 23.2 Å². The van der Waals surface area contributed by atoms with Gasteiger partial charge in [0, 0.05) is 0 Å². The number of thiophene rings is 2. The largest absolute Gasteiger partial charge is 0.333 e. The van der Waals surface area contributed by atoms with Crippen LogP contribution in [0.15, 0.2) is 68.3 Å². The quantitative estimate of drug-likeness (QED) is 0.342. The van der Waals surface area contributed by atoms with Crippen LogP contribution in [0.3, 0.4) is 0 Å². The normalized spacial score (nSPS) is 14.7. The van der Waals surface area contributed by atoms with E-state index < -0.39 is 10.2 Å². The van der Waals surface area contributed by atoms with E-state index in [1.165, 1.54) is 31.3 Å². The minimum Gasteiger partial charge on any atom is -0.333 e. The van der Waals surface area contributed by atoms with Crippen molar-refractivity contribution < 1.29 is 17.5 Å². The number of aromatic nitrogens is 4. The molecule has 166 valence electrons. The van der Waals surface area contributed by atoms with Gasteiger partial charge in [-0.15, -0.1) is 22.7 Å². The van der Waals surface area contributed by atoms with Crippen molar-refractivity contribution in [2.75, 3.05) is 8.61 Å². The fourth-order valence-corrected chi connectivity index (χ4v) is 6.37. The van der Waals surface area contributed by atoms with Crippen molar-refractivity contribution in [2.45, 2.75) is 13.1 Å². The first-order chi connectivity index (χ1) is 16.1. The predicted octanol–water partition coefficient (Wildman–Crippen LogP) is 4.18. The summed E-state index contributed by atoms with van der Waals surface area (Å²) in [5, 5.41) is 11.8. The molecule has 1 aliphatic heterocycles. The molecule has 0 atom stereocenters. The van der Waals surface area contributed by atoms with Crippen LogP contribution in [0, 0.1) is 0 Å². The van der Waals surface area contributed by atoms with Crippen LogP contribution in [-0.4, -0.2) is 28.7 Å². The minimum atomic E-state index is -3.94. The number of para-hydroxylation sites is 2. The topological polar surface area (TPSA) is 118 Å². The highest BCUT2D eigenvalue weighted by Crippen LogP contribution is 2.42. The molecule has 0 bridgehead atoms. The molecule has 33 heavy (non-hydrogen) atoms. The first kappa shape index (κ1) is 20.1. The van der Waals surface area contributed by atoms with Gasteiger partial charge in [0.05, 0.1) is 34.2 Å². The molecule has 6 rings (SSSR count). The van der Waals surface area contributed by atoms with E-state index in [4.69, 9.17) is 9.05 Å². The third-order valence-corrected chi connectivity index (χ3v) is 8.43. The van der Waals surface area contributed by atoms with Crippen molar-refractivity contribution in [1.82, 2.24) is 20.3 Å². The Morgan fingerprint density at radius 3 is 1.64 bits per heavy atom. The van der Waals surface area contributed by atoms with Gasteiger partial charge in [0.1, 0.15) is 0 Å². The van der Waals surface area contributed by atoms with Gasteiger partial charge in [-0.2, -0.15) is 18.4 Å². The zero-order valence-electron chi connectivity index (χ0n) is 16.7. The summed E-state index contributed by atoms with van der Waals surface area (Å²) in [7, 11) is -3.94. The van der Waals surface area contributed by atoms with E-state index in [1.807, 2.05) is 35.0 Å². The average molecular weight is 499 g/mol. The van der Waals surface area contributed by atoms with E-state index in [-0.39, 0.29) is 24.7 Å². The molecule has 0 N–H and O–H groups in total. The molecule has 0 radical (unpaired) electrons. The van der Waals surface area contributed by atoms with Crippen LogP contribution in [0.4, 0.5) is 11.4 Å². The van der Waals surface area contributed by atoms with Gasteiger partial charge in [-0.05, 0) is 35.0 Å². The lowest BCUT2D eigenvalue weighted by Crippen LogP contribution is -2.37. The molecule has 5 aromatic rings. The Labute approximate surface area is 195 Å². The Balaban J connectivity index is 1.30. The second kappa shape index (κ2) is 7.79. The Morgan fingerprint density at radius 1 is 0.727 bits per heavy atom. The van der Waals surface area contributed by atoms with Gasteiger partial charge < -0.3 is 9.05 Å². The summed E-state index contributed by atoms with van der Waals surface area (Å²) < 4.78 is 40.2. The van der Waals surface area contributed by atoms with Crippen molar-refractivity contribution in [1.29, 1.82) is 0 Å². The SMILES string of the molecule is O=S1(=O)N(Cc2noc(-c3cccs3)n2)c2ccccc2N1Cc1noc(-c2cccs2)n1. The van der Waals surface area contributed by atoms with Crippen molar-refractivity contribution in [2.24, 2.45) is 0 Å². The predicted molar refractivity (Wildman–Crippen MR) is 123 cm³/mol. The van der Waals surface area contributed by atoms with Crippen molar-refractivity contribution in [3.63, 3.8) is 0 Å². The second-order valence-corrected chi connectivity index (χ2v) is 10.7. The van der Waals surface area contributed by atoms with Crippen LogP contribution in [0.5, 0.6) is 0 Å². The Kier molecular flexibility index (Phi) is 4.74. The highest BCUT2D eigenvalue weighted by atomic mass is 32.2. The van der Waals surface area contributed by atoms with E-state index in [0.717, 1.165) is 9.75 Å². The van der Waals surface area contributed by atoms with E-state index in [2.05, 4.69) is 20.3 Å². The van der Waals surface area contributed by atoms with Crippen LogP contribution >= 0.6 is 22.7 Å². The summed E-state index contributed by atoms with van der Waals surface area (Å²) in [5.74, 6) is 1.24. The van der Waals surface area contributed by atoms with E-state index in [9.17, 15) is 8.42 Å². The maximum Gasteiger partial charge on any atom is 0.327 e. The number of hydrogen-bond acceptors (Lipinski definition) is 10. The van der Waals surface area contributed by atoms with Gasteiger partial charge in [0.25, 0.3) is 11.8 Å². The third-order valence-electron chi connectivity index (χ3n) is 4.95. The summed E-state index contributed by atoms with van der Waals surface area (Å²) in [6, 6.07) is 14.5. The molecule has 5 heterocycles. The van der Waals surface area contributed by atoms with Crippen LogP contribution in [-0.2, 0) is 23.3 Å². The number of nitrogens with zero attached hydrogens (tertiary/aromatic N) is 6. The first-order valence-corrected chi connectivity index (χ1v) is 12.9. The molecule has 0 fully saturated rings. The third kappa shape index (κ3) is 3.50. The zero-order chi connectivity index (χ0) is 22.4. The number of anilines is 2. The molecule has 0 saturated carbocycles. The van der Waals surface area contributed by atoms with Gasteiger partial charge >= 0.3 is 10.2 Å². The number of fused-ring (bicyclic) bond motifs is 1. The van der Waals surface area contributed by atoms with Crippen LogP contribution in [0.2, 0.25) is 0 Å². The minimum absolute atomic E-state index is 0.0720. The average Bonchev–Trinajstić information content (AvgIpc) is 3.63. The maximum absolute atomic E-state index is 13.5. The highest BCUT2D eigenvalue weighted by Gasteiger charge is 2.41. The summed E-state index contributed by atoms with van der Waals surface area (Å²) in [6.45, 7) is -0.144. The standard InChI is InChI=1S/C20H14N6O4S3/c27-33(28)25(11-17-21-19(29-23-17)15-7-3-9-31-15)13-5-1-2-6-14(13)26(33)12-18-22-20(30-24-18)16-8-4-10-32-16/h1-10H,11-12H2. The maximum atomic E-state index is 13.5.